The van der Waals surface area contributed by atoms with Crippen LogP contribution in [0, 0.1) is 24.1 Å². The van der Waals surface area contributed by atoms with E-state index in [0.717, 1.165) is 5.69 Å². The van der Waals surface area contributed by atoms with E-state index in [2.05, 4.69) is 6.07 Å². The Morgan fingerprint density at radius 3 is 2.63 bits per heavy atom. The third-order valence-corrected chi connectivity index (χ3v) is 3.02. The molecule has 2 nitrogen and oxygen atoms in total. The van der Waals surface area contributed by atoms with Crippen molar-refractivity contribution < 1.29 is 4.39 Å². The minimum absolute atomic E-state index is 0.0766. The zero-order valence-corrected chi connectivity index (χ0v) is 11.0. The molecule has 0 saturated heterocycles. The zero-order valence-electron chi connectivity index (χ0n) is 11.0. The van der Waals surface area contributed by atoms with Crippen molar-refractivity contribution in [3.8, 4) is 6.07 Å². The third-order valence-electron chi connectivity index (χ3n) is 3.02. The van der Waals surface area contributed by atoms with Crippen LogP contribution in [0.25, 0.3) is 0 Å². The predicted molar refractivity (Wildman–Crippen MR) is 74.4 cm³/mol. The number of halogens is 1. The van der Waals surface area contributed by atoms with Crippen LogP contribution in [0.1, 0.15) is 16.7 Å². The number of nitrogens with zero attached hydrogens (tertiary/aromatic N) is 2. The van der Waals surface area contributed by atoms with Crippen LogP contribution in [0.2, 0.25) is 0 Å². The van der Waals surface area contributed by atoms with E-state index in [1.807, 2.05) is 43.1 Å². The molecule has 0 atom stereocenters. The molecule has 0 aliphatic carbocycles. The van der Waals surface area contributed by atoms with Gasteiger partial charge >= 0.3 is 0 Å². The quantitative estimate of drug-likeness (QED) is 0.836. The van der Waals surface area contributed by atoms with E-state index in [-0.39, 0.29) is 5.56 Å². The second-order valence-electron chi connectivity index (χ2n) is 4.62. The van der Waals surface area contributed by atoms with E-state index in [9.17, 15) is 4.39 Å². The lowest BCUT2D eigenvalue weighted by atomic mass is 10.1. The number of benzene rings is 2. The molecule has 0 aromatic heterocycles. The van der Waals surface area contributed by atoms with Gasteiger partial charge in [-0.15, -0.1) is 0 Å². The van der Waals surface area contributed by atoms with Crippen LogP contribution in [0.4, 0.5) is 10.1 Å². The molecule has 0 N–H and O–H groups in total. The van der Waals surface area contributed by atoms with Crippen molar-refractivity contribution in [2.45, 2.75) is 13.5 Å². The smallest absolute Gasteiger partial charge is 0.143 e. The van der Waals surface area contributed by atoms with Crippen LogP contribution in [-0.2, 0) is 6.54 Å². The molecule has 0 amide bonds. The Balaban J connectivity index is 2.18. The average molecular weight is 254 g/mol. The monoisotopic (exact) mass is 254 g/mol. The summed E-state index contributed by atoms with van der Waals surface area (Å²) >= 11 is 0. The highest BCUT2D eigenvalue weighted by Gasteiger charge is 2.07. The number of rotatable bonds is 3. The summed E-state index contributed by atoms with van der Waals surface area (Å²) in [6, 6.07) is 14.7. The second-order valence-corrected chi connectivity index (χ2v) is 4.62. The number of anilines is 1. The molecule has 96 valence electrons. The van der Waals surface area contributed by atoms with E-state index in [4.69, 9.17) is 5.26 Å². The fourth-order valence-electron chi connectivity index (χ4n) is 2.01. The van der Waals surface area contributed by atoms with Gasteiger partial charge in [0.05, 0.1) is 5.56 Å². The third kappa shape index (κ3) is 3.11. The molecule has 0 bridgehead atoms. The molecular formula is C16H15FN2. The van der Waals surface area contributed by atoms with Crippen LogP contribution in [0.15, 0.2) is 42.5 Å². The van der Waals surface area contributed by atoms with E-state index < -0.39 is 5.82 Å². The first-order chi connectivity index (χ1) is 9.10. The van der Waals surface area contributed by atoms with Crippen molar-refractivity contribution in [2.24, 2.45) is 0 Å². The van der Waals surface area contributed by atoms with Gasteiger partial charge in [0.2, 0.25) is 0 Å². The van der Waals surface area contributed by atoms with Crippen LogP contribution in [0.5, 0.6) is 0 Å². The summed E-state index contributed by atoms with van der Waals surface area (Å²) in [5.74, 6) is -0.476. The SMILES string of the molecule is Cc1cccc(CN(C)c2ccc(C#N)c(F)c2)c1. The van der Waals surface area contributed by atoms with Crippen molar-refractivity contribution in [2.75, 3.05) is 11.9 Å². The highest BCUT2D eigenvalue weighted by Crippen LogP contribution is 2.19. The second kappa shape index (κ2) is 5.53. The molecular weight excluding hydrogens is 239 g/mol. The van der Waals surface area contributed by atoms with Crippen LogP contribution in [0.3, 0.4) is 0 Å². The lowest BCUT2D eigenvalue weighted by Gasteiger charge is -2.20. The highest BCUT2D eigenvalue weighted by atomic mass is 19.1. The van der Waals surface area contributed by atoms with Gasteiger partial charge in [-0.25, -0.2) is 4.39 Å². The van der Waals surface area contributed by atoms with Gasteiger partial charge in [-0.05, 0) is 30.7 Å². The molecule has 0 fully saturated rings. The van der Waals surface area contributed by atoms with E-state index in [0.29, 0.717) is 6.54 Å². The number of hydrogen-bond acceptors (Lipinski definition) is 2. The Kier molecular flexibility index (Phi) is 3.82. The molecule has 0 aliphatic rings. The lowest BCUT2D eigenvalue weighted by Crippen LogP contribution is -2.16. The summed E-state index contributed by atoms with van der Waals surface area (Å²) < 4.78 is 13.6. The van der Waals surface area contributed by atoms with Gasteiger partial charge in [0, 0.05) is 19.3 Å². The van der Waals surface area contributed by atoms with Crippen LogP contribution in [-0.4, -0.2) is 7.05 Å². The Hall–Kier alpha value is -2.34. The first-order valence-corrected chi connectivity index (χ1v) is 6.06. The van der Waals surface area contributed by atoms with Gasteiger partial charge in [-0.2, -0.15) is 5.26 Å². The van der Waals surface area contributed by atoms with Gasteiger partial charge in [-0.1, -0.05) is 29.8 Å². The molecule has 0 spiro atoms. The van der Waals surface area contributed by atoms with Gasteiger partial charge in [-0.3, -0.25) is 0 Å². The first kappa shape index (κ1) is 13.1. The Labute approximate surface area is 112 Å². The summed E-state index contributed by atoms with van der Waals surface area (Å²) in [4.78, 5) is 1.96. The highest BCUT2D eigenvalue weighted by molar-refractivity contribution is 5.50. The molecule has 0 saturated carbocycles. The van der Waals surface area contributed by atoms with Crippen molar-refractivity contribution in [1.29, 1.82) is 5.26 Å². The fourth-order valence-corrected chi connectivity index (χ4v) is 2.01. The maximum Gasteiger partial charge on any atom is 0.143 e. The molecule has 2 aromatic carbocycles. The predicted octanol–water partition coefficient (Wildman–Crippen LogP) is 3.64. The van der Waals surface area contributed by atoms with Gasteiger partial charge in [0.25, 0.3) is 0 Å². The molecule has 3 heteroatoms. The molecule has 0 unspecified atom stereocenters. The zero-order chi connectivity index (χ0) is 13.8. The van der Waals surface area contributed by atoms with E-state index in [1.54, 1.807) is 6.07 Å². The average Bonchev–Trinajstić information content (AvgIpc) is 2.38. The molecule has 19 heavy (non-hydrogen) atoms. The summed E-state index contributed by atoms with van der Waals surface area (Å²) in [5.41, 5.74) is 3.22. The largest absolute Gasteiger partial charge is 0.370 e. The fraction of sp³-hybridized carbons (Fsp3) is 0.188. The lowest BCUT2D eigenvalue weighted by molar-refractivity contribution is 0.623. The summed E-state index contributed by atoms with van der Waals surface area (Å²) in [7, 11) is 1.91. The normalized spacial score (nSPS) is 10.0. The summed E-state index contributed by atoms with van der Waals surface area (Å²) in [6.45, 7) is 2.75. The van der Waals surface area contributed by atoms with Gasteiger partial charge in [0.1, 0.15) is 11.9 Å². The molecule has 0 aliphatic heterocycles. The number of nitriles is 1. The molecule has 0 radical (unpaired) electrons. The minimum Gasteiger partial charge on any atom is -0.370 e. The molecule has 2 rings (SSSR count). The maximum absolute atomic E-state index is 13.6. The van der Waals surface area contributed by atoms with E-state index in [1.165, 1.54) is 23.3 Å². The first-order valence-electron chi connectivity index (χ1n) is 6.06. The van der Waals surface area contributed by atoms with Crippen molar-refractivity contribution in [3.05, 3.63) is 65.0 Å². The Bertz CT molecular complexity index is 629. The summed E-state index contributed by atoms with van der Waals surface area (Å²) in [6.07, 6.45) is 0. The van der Waals surface area contributed by atoms with E-state index >= 15 is 0 Å². The maximum atomic E-state index is 13.6. The number of hydrogen-bond donors (Lipinski definition) is 0. The van der Waals surface area contributed by atoms with Crippen molar-refractivity contribution in [1.82, 2.24) is 0 Å². The topological polar surface area (TPSA) is 27.0 Å². The number of aryl methyl sites for hydroxylation is 1. The molecule has 2 aromatic rings. The minimum atomic E-state index is -0.476. The molecule has 0 heterocycles. The van der Waals surface area contributed by atoms with Gasteiger partial charge in [0.15, 0.2) is 0 Å². The summed E-state index contributed by atoms with van der Waals surface area (Å²) in [5, 5.41) is 8.71. The Morgan fingerprint density at radius 1 is 1.21 bits per heavy atom. The van der Waals surface area contributed by atoms with Crippen LogP contribution >= 0.6 is 0 Å². The van der Waals surface area contributed by atoms with Crippen LogP contribution < -0.4 is 4.90 Å². The van der Waals surface area contributed by atoms with Gasteiger partial charge < -0.3 is 4.90 Å². The van der Waals surface area contributed by atoms with Crippen molar-refractivity contribution in [3.63, 3.8) is 0 Å². The Morgan fingerprint density at radius 2 is 2.00 bits per heavy atom. The standard InChI is InChI=1S/C16H15FN2/c1-12-4-3-5-13(8-12)11-19(2)15-7-6-14(10-18)16(17)9-15/h3-9H,11H2,1-2H3. The van der Waals surface area contributed by atoms with Crippen molar-refractivity contribution >= 4 is 5.69 Å².